The zero-order valence-electron chi connectivity index (χ0n) is 6.59. The fraction of sp³-hybridized carbons (Fsp3) is 0.750. The molecule has 0 aliphatic rings. The van der Waals surface area contributed by atoms with Crippen molar-refractivity contribution in [2.24, 2.45) is 5.92 Å². The molecular weight excluding hydrogens is 144 g/mol. The molecule has 10 heavy (non-hydrogen) atoms. The fourth-order valence-electron chi connectivity index (χ4n) is 0.952. The number of hydrogen-bond donors (Lipinski definition) is 0. The van der Waals surface area contributed by atoms with Gasteiger partial charge in [0.05, 0.1) is 0 Å². The van der Waals surface area contributed by atoms with Gasteiger partial charge in [-0.3, -0.25) is 4.79 Å². The molecule has 0 aliphatic heterocycles. The molecule has 0 saturated heterocycles. The smallest absolute Gasteiger partial charge is 0.133 e. The highest BCUT2D eigenvalue weighted by atomic mass is 32.1. The molecule has 0 aromatic carbocycles. The lowest BCUT2D eigenvalue weighted by atomic mass is 9.97. The van der Waals surface area contributed by atoms with E-state index in [0.717, 1.165) is 19.3 Å². The predicted molar refractivity (Wildman–Crippen MR) is 47.4 cm³/mol. The third kappa shape index (κ3) is 3.72. The Hall–Kier alpha value is -0.240. The summed E-state index contributed by atoms with van der Waals surface area (Å²) in [5.74, 6) is 0.449. The third-order valence-electron chi connectivity index (χ3n) is 1.59. The zero-order valence-corrected chi connectivity index (χ0v) is 7.41. The maximum absolute atomic E-state index is 10.9. The largest absolute Gasteiger partial charge is 0.300 e. The van der Waals surface area contributed by atoms with Crippen LogP contribution in [0, 0.1) is 5.92 Å². The summed E-state index contributed by atoms with van der Waals surface area (Å²) in [7, 11) is 0. The van der Waals surface area contributed by atoms with Crippen molar-refractivity contribution in [1.82, 2.24) is 0 Å². The van der Waals surface area contributed by atoms with Crippen LogP contribution in [-0.2, 0) is 4.79 Å². The van der Waals surface area contributed by atoms with E-state index in [1.807, 2.05) is 0 Å². The topological polar surface area (TPSA) is 17.1 Å². The molecule has 0 radical (unpaired) electrons. The summed E-state index contributed by atoms with van der Waals surface area (Å²) in [6, 6.07) is 0. The second kappa shape index (κ2) is 5.54. The van der Waals surface area contributed by atoms with Crippen molar-refractivity contribution in [3.63, 3.8) is 0 Å². The van der Waals surface area contributed by atoms with Crippen LogP contribution >= 0.6 is 12.2 Å². The molecule has 2 heteroatoms. The summed E-state index contributed by atoms with van der Waals surface area (Å²) in [6.07, 6.45) is 2.80. The standard InChI is InChI=1S/C8H14OS/c1-3-4-8(5-6-10)7(2)9/h6,8H,3-5H2,1-2H3/t8-/m0/s1. The number of Topliss-reactive ketones (excluding diaryl/α,β-unsaturated/α-hetero) is 1. The first-order chi connectivity index (χ1) is 4.72. The van der Waals surface area contributed by atoms with Gasteiger partial charge in [0.25, 0.3) is 0 Å². The predicted octanol–water partition coefficient (Wildman–Crippen LogP) is 2.38. The monoisotopic (exact) mass is 158 g/mol. The average Bonchev–Trinajstić information content (AvgIpc) is 1.87. The highest BCUT2D eigenvalue weighted by Crippen LogP contribution is 2.10. The fourth-order valence-corrected chi connectivity index (χ4v) is 1.18. The van der Waals surface area contributed by atoms with Gasteiger partial charge in [0.15, 0.2) is 0 Å². The minimum absolute atomic E-state index is 0.183. The van der Waals surface area contributed by atoms with Crippen LogP contribution in [0.4, 0.5) is 0 Å². The van der Waals surface area contributed by atoms with Crippen LogP contribution in [-0.4, -0.2) is 11.2 Å². The lowest BCUT2D eigenvalue weighted by Crippen LogP contribution is -2.10. The molecular formula is C8H14OS. The van der Waals surface area contributed by atoms with Crippen LogP contribution in [0.1, 0.15) is 33.1 Å². The molecule has 0 fully saturated rings. The summed E-state index contributed by atoms with van der Waals surface area (Å²) in [4.78, 5) is 10.9. The van der Waals surface area contributed by atoms with Crippen molar-refractivity contribution in [3.8, 4) is 0 Å². The van der Waals surface area contributed by atoms with E-state index in [2.05, 4.69) is 19.1 Å². The van der Waals surface area contributed by atoms with E-state index < -0.39 is 0 Å². The van der Waals surface area contributed by atoms with Crippen molar-refractivity contribution in [2.75, 3.05) is 0 Å². The molecule has 1 atom stereocenters. The average molecular weight is 158 g/mol. The van der Waals surface area contributed by atoms with E-state index in [4.69, 9.17) is 0 Å². The number of carbonyl (C=O) groups is 1. The minimum Gasteiger partial charge on any atom is -0.300 e. The number of thiocarbonyl (C=S) groups is 1. The molecule has 0 heterocycles. The quantitative estimate of drug-likeness (QED) is 0.571. The molecule has 0 aromatic heterocycles. The highest BCUT2D eigenvalue weighted by Gasteiger charge is 2.10. The van der Waals surface area contributed by atoms with Gasteiger partial charge in [-0.1, -0.05) is 25.6 Å². The van der Waals surface area contributed by atoms with Gasteiger partial charge in [-0.15, -0.1) is 0 Å². The summed E-state index contributed by atoms with van der Waals surface area (Å²) >= 11 is 4.68. The molecule has 0 saturated carbocycles. The van der Waals surface area contributed by atoms with E-state index in [0.29, 0.717) is 0 Å². The van der Waals surface area contributed by atoms with E-state index >= 15 is 0 Å². The molecule has 0 aromatic rings. The summed E-state index contributed by atoms with van der Waals surface area (Å²) in [5, 5.41) is 1.65. The number of carbonyl (C=O) groups excluding carboxylic acids is 1. The maximum atomic E-state index is 10.9. The summed E-state index contributed by atoms with van der Waals surface area (Å²) in [6.45, 7) is 3.72. The summed E-state index contributed by atoms with van der Waals surface area (Å²) < 4.78 is 0. The zero-order chi connectivity index (χ0) is 7.98. The Bertz CT molecular complexity index is 120. The van der Waals surface area contributed by atoms with E-state index in [1.54, 1.807) is 12.3 Å². The minimum atomic E-state index is 0.183. The van der Waals surface area contributed by atoms with Crippen LogP contribution in [0.5, 0.6) is 0 Å². The van der Waals surface area contributed by atoms with Gasteiger partial charge in [0.2, 0.25) is 0 Å². The van der Waals surface area contributed by atoms with Crippen molar-refractivity contribution in [1.29, 1.82) is 0 Å². The van der Waals surface area contributed by atoms with Gasteiger partial charge < -0.3 is 0 Å². The number of hydrogen-bond acceptors (Lipinski definition) is 2. The first-order valence-corrected chi connectivity index (χ1v) is 4.13. The van der Waals surface area contributed by atoms with Gasteiger partial charge in [0.1, 0.15) is 5.78 Å². The van der Waals surface area contributed by atoms with E-state index in [9.17, 15) is 4.79 Å². The third-order valence-corrected chi connectivity index (χ3v) is 1.79. The second-order valence-electron chi connectivity index (χ2n) is 2.50. The van der Waals surface area contributed by atoms with Gasteiger partial charge in [-0.2, -0.15) is 0 Å². The lowest BCUT2D eigenvalue weighted by Gasteiger charge is -2.07. The SMILES string of the molecule is CCC[C@@H](CC=S)C(C)=O. The Morgan fingerprint density at radius 1 is 1.70 bits per heavy atom. The van der Waals surface area contributed by atoms with Gasteiger partial charge in [-0.25, -0.2) is 0 Å². The molecule has 0 bridgehead atoms. The Kier molecular flexibility index (Phi) is 5.40. The first kappa shape index (κ1) is 9.76. The molecule has 0 rings (SSSR count). The Morgan fingerprint density at radius 2 is 2.30 bits per heavy atom. The Morgan fingerprint density at radius 3 is 2.60 bits per heavy atom. The van der Waals surface area contributed by atoms with Crippen molar-refractivity contribution in [3.05, 3.63) is 0 Å². The lowest BCUT2D eigenvalue weighted by molar-refractivity contribution is -0.120. The van der Waals surface area contributed by atoms with Crippen molar-refractivity contribution in [2.45, 2.75) is 33.1 Å². The molecule has 0 amide bonds. The van der Waals surface area contributed by atoms with Crippen LogP contribution in [0.2, 0.25) is 0 Å². The Balaban J connectivity index is 3.71. The van der Waals surface area contributed by atoms with Crippen LogP contribution in [0.15, 0.2) is 0 Å². The molecule has 0 aliphatic carbocycles. The normalized spacial score (nSPS) is 12.6. The Labute approximate surface area is 67.8 Å². The number of rotatable bonds is 5. The van der Waals surface area contributed by atoms with Gasteiger partial charge in [0, 0.05) is 5.92 Å². The molecule has 0 spiro atoms. The van der Waals surface area contributed by atoms with Crippen LogP contribution in [0.25, 0.3) is 0 Å². The first-order valence-electron chi connectivity index (χ1n) is 3.66. The molecule has 0 unspecified atom stereocenters. The van der Waals surface area contributed by atoms with E-state index in [1.165, 1.54) is 0 Å². The second-order valence-corrected chi connectivity index (χ2v) is 2.83. The molecule has 0 N–H and O–H groups in total. The van der Waals surface area contributed by atoms with Crippen molar-refractivity contribution < 1.29 is 4.79 Å². The van der Waals surface area contributed by atoms with E-state index in [-0.39, 0.29) is 11.7 Å². The van der Waals surface area contributed by atoms with Crippen molar-refractivity contribution >= 4 is 23.4 Å². The van der Waals surface area contributed by atoms with Gasteiger partial charge in [-0.05, 0) is 25.1 Å². The molecule has 58 valence electrons. The summed E-state index contributed by atoms with van der Waals surface area (Å²) in [5.41, 5.74) is 0. The molecule has 1 nitrogen and oxygen atoms in total. The van der Waals surface area contributed by atoms with Crippen LogP contribution < -0.4 is 0 Å². The van der Waals surface area contributed by atoms with Gasteiger partial charge >= 0.3 is 0 Å². The maximum Gasteiger partial charge on any atom is 0.133 e. The number of ketones is 1. The van der Waals surface area contributed by atoms with Crippen LogP contribution in [0.3, 0.4) is 0 Å². The highest BCUT2D eigenvalue weighted by molar-refractivity contribution is 7.78.